The molecule has 4 rings (SSSR count). The summed E-state index contributed by atoms with van der Waals surface area (Å²) in [7, 11) is 1.82. The SMILES string of the molecule is COC1CCc2c([nH]c3ccc(Br)cc23)C1c1ccccc1. The van der Waals surface area contributed by atoms with Crippen LogP contribution in [-0.4, -0.2) is 18.2 Å². The first kappa shape index (κ1) is 14.0. The summed E-state index contributed by atoms with van der Waals surface area (Å²) in [5.41, 5.74) is 5.29. The summed E-state index contributed by atoms with van der Waals surface area (Å²) in [6.07, 6.45) is 2.35. The Morgan fingerprint density at radius 2 is 1.95 bits per heavy atom. The molecule has 1 heterocycles. The summed E-state index contributed by atoms with van der Waals surface area (Å²) in [5.74, 6) is 0.279. The van der Waals surface area contributed by atoms with Gasteiger partial charge >= 0.3 is 0 Å². The lowest BCUT2D eigenvalue weighted by Crippen LogP contribution is -2.28. The molecule has 1 aromatic heterocycles. The Kier molecular flexibility index (Phi) is 3.55. The van der Waals surface area contributed by atoms with E-state index in [4.69, 9.17) is 4.74 Å². The van der Waals surface area contributed by atoms with Crippen LogP contribution in [0, 0.1) is 0 Å². The monoisotopic (exact) mass is 355 g/mol. The van der Waals surface area contributed by atoms with Crippen molar-refractivity contribution < 1.29 is 4.74 Å². The van der Waals surface area contributed by atoms with Gasteiger partial charge in [0.05, 0.1) is 12.0 Å². The fraction of sp³-hybridized carbons (Fsp3) is 0.263. The average molecular weight is 356 g/mol. The van der Waals surface area contributed by atoms with E-state index in [-0.39, 0.29) is 12.0 Å². The molecule has 0 aliphatic heterocycles. The first-order valence-corrected chi connectivity index (χ1v) is 8.45. The van der Waals surface area contributed by atoms with Crippen LogP contribution in [0.5, 0.6) is 0 Å². The number of halogens is 1. The maximum atomic E-state index is 5.81. The third kappa shape index (κ3) is 2.20. The summed E-state index contributed by atoms with van der Waals surface area (Å²) in [4.78, 5) is 3.66. The zero-order valence-electron chi connectivity index (χ0n) is 12.5. The van der Waals surface area contributed by atoms with Crippen LogP contribution < -0.4 is 0 Å². The zero-order chi connectivity index (χ0) is 15.1. The topological polar surface area (TPSA) is 25.0 Å². The number of fused-ring (bicyclic) bond motifs is 3. The quantitative estimate of drug-likeness (QED) is 0.685. The van der Waals surface area contributed by atoms with Crippen LogP contribution in [-0.2, 0) is 11.2 Å². The molecule has 1 aliphatic rings. The van der Waals surface area contributed by atoms with Gasteiger partial charge in [0.15, 0.2) is 0 Å². The first-order valence-electron chi connectivity index (χ1n) is 7.65. The van der Waals surface area contributed by atoms with Gasteiger partial charge in [-0.05, 0) is 42.2 Å². The van der Waals surface area contributed by atoms with Crippen molar-refractivity contribution in [3.63, 3.8) is 0 Å². The molecule has 2 nitrogen and oxygen atoms in total. The minimum Gasteiger partial charge on any atom is -0.380 e. The summed E-state index contributed by atoms with van der Waals surface area (Å²) in [6.45, 7) is 0. The highest BCUT2D eigenvalue weighted by Gasteiger charge is 2.33. The molecule has 2 atom stereocenters. The van der Waals surface area contributed by atoms with Gasteiger partial charge in [-0.1, -0.05) is 46.3 Å². The fourth-order valence-corrected chi connectivity index (χ4v) is 4.07. The Bertz CT molecular complexity index is 809. The largest absolute Gasteiger partial charge is 0.380 e. The standard InChI is InChI=1S/C19H18BrNO/c1-22-17-10-8-14-15-11-13(20)7-9-16(15)21-19(14)18(17)12-5-3-2-4-6-12/h2-7,9,11,17-18,21H,8,10H2,1H3. The van der Waals surface area contributed by atoms with Crippen molar-refractivity contribution in [2.45, 2.75) is 24.9 Å². The van der Waals surface area contributed by atoms with Crippen molar-refractivity contribution in [1.82, 2.24) is 4.98 Å². The van der Waals surface area contributed by atoms with Crippen molar-refractivity contribution in [1.29, 1.82) is 0 Å². The molecule has 0 fully saturated rings. The van der Waals surface area contributed by atoms with Crippen LogP contribution in [0.15, 0.2) is 53.0 Å². The third-order valence-electron chi connectivity index (χ3n) is 4.72. The number of H-pyrrole nitrogens is 1. The highest BCUT2D eigenvalue weighted by molar-refractivity contribution is 9.10. The van der Waals surface area contributed by atoms with Crippen LogP contribution in [0.2, 0.25) is 0 Å². The molecule has 0 amide bonds. The van der Waals surface area contributed by atoms with E-state index in [2.05, 4.69) is 69.4 Å². The maximum Gasteiger partial charge on any atom is 0.0698 e. The minimum atomic E-state index is 0.228. The van der Waals surface area contributed by atoms with Crippen LogP contribution in [0.1, 0.15) is 29.2 Å². The predicted molar refractivity (Wildman–Crippen MR) is 93.4 cm³/mol. The van der Waals surface area contributed by atoms with Gasteiger partial charge in [0.2, 0.25) is 0 Å². The molecule has 0 spiro atoms. The molecule has 0 radical (unpaired) electrons. The second-order valence-corrected chi connectivity index (χ2v) is 6.82. The number of aryl methyl sites for hydroxylation is 1. The number of rotatable bonds is 2. The Hall–Kier alpha value is -1.58. The number of benzene rings is 2. The van der Waals surface area contributed by atoms with Gasteiger partial charge in [0.1, 0.15) is 0 Å². The number of nitrogens with one attached hydrogen (secondary N) is 1. The maximum absolute atomic E-state index is 5.81. The first-order chi connectivity index (χ1) is 10.8. The van der Waals surface area contributed by atoms with E-state index in [1.54, 1.807) is 0 Å². The van der Waals surface area contributed by atoms with Crippen LogP contribution in [0.25, 0.3) is 10.9 Å². The predicted octanol–water partition coefficient (Wildman–Crippen LogP) is 5.02. The van der Waals surface area contributed by atoms with E-state index < -0.39 is 0 Å². The summed E-state index contributed by atoms with van der Waals surface area (Å²) in [5, 5.41) is 1.33. The summed E-state index contributed by atoms with van der Waals surface area (Å²) >= 11 is 3.59. The van der Waals surface area contributed by atoms with Crippen molar-refractivity contribution >= 4 is 26.8 Å². The molecule has 3 heteroatoms. The van der Waals surface area contributed by atoms with E-state index in [0.29, 0.717) is 0 Å². The average Bonchev–Trinajstić information content (AvgIpc) is 2.92. The number of aromatic nitrogens is 1. The smallest absolute Gasteiger partial charge is 0.0698 e. The van der Waals surface area contributed by atoms with E-state index >= 15 is 0 Å². The molecule has 0 saturated heterocycles. The Morgan fingerprint density at radius 1 is 1.14 bits per heavy atom. The normalized spacial score (nSPS) is 21.0. The van der Waals surface area contributed by atoms with Crippen molar-refractivity contribution in [2.24, 2.45) is 0 Å². The molecular formula is C19H18BrNO. The molecule has 0 bridgehead atoms. The number of methoxy groups -OCH3 is 1. The molecular weight excluding hydrogens is 338 g/mol. The summed E-state index contributed by atoms with van der Waals surface area (Å²) < 4.78 is 6.94. The van der Waals surface area contributed by atoms with Crippen molar-refractivity contribution in [3.05, 3.63) is 69.8 Å². The highest BCUT2D eigenvalue weighted by atomic mass is 79.9. The minimum absolute atomic E-state index is 0.228. The lowest BCUT2D eigenvalue weighted by Gasteiger charge is -2.31. The Balaban J connectivity index is 1.93. The van der Waals surface area contributed by atoms with E-state index in [0.717, 1.165) is 17.3 Å². The number of hydrogen-bond donors (Lipinski definition) is 1. The molecule has 112 valence electrons. The molecule has 0 saturated carbocycles. The van der Waals surface area contributed by atoms with Gasteiger partial charge in [-0.2, -0.15) is 0 Å². The van der Waals surface area contributed by atoms with Gasteiger partial charge in [-0.15, -0.1) is 0 Å². The second kappa shape index (κ2) is 5.56. The van der Waals surface area contributed by atoms with E-state index in [9.17, 15) is 0 Å². The van der Waals surface area contributed by atoms with Crippen LogP contribution >= 0.6 is 15.9 Å². The number of ether oxygens (including phenoxy) is 1. The molecule has 1 N–H and O–H groups in total. The number of hydrogen-bond acceptors (Lipinski definition) is 1. The van der Waals surface area contributed by atoms with Gasteiger partial charge in [0, 0.05) is 28.2 Å². The molecule has 22 heavy (non-hydrogen) atoms. The van der Waals surface area contributed by atoms with Crippen LogP contribution in [0.4, 0.5) is 0 Å². The van der Waals surface area contributed by atoms with E-state index in [1.807, 2.05) is 7.11 Å². The van der Waals surface area contributed by atoms with Gasteiger partial charge < -0.3 is 9.72 Å². The molecule has 2 aromatic carbocycles. The lowest BCUT2D eigenvalue weighted by molar-refractivity contribution is 0.0759. The van der Waals surface area contributed by atoms with E-state index in [1.165, 1.54) is 27.7 Å². The van der Waals surface area contributed by atoms with Crippen LogP contribution in [0.3, 0.4) is 0 Å². The van der Waals surface area contributed by atoms with Gasteiger partial charge in [-0.3, -0.25) is 0 Å². The van der Waals surface area contributed by atoms with Gasteiger partial charge in [0.25, 0.3) is 0 Å². The second-order valence-electron chi connectivity index (χ2n) is 5.91. The Morgan fingerprint density at radius 3 is 2.73 bits per heavy atom. The summed E-state index contributed by atoms with van der Waals surface area (Å²) in [6, 6.07) is 17.2. The highest BCUT2D eigenvalue weighted by Crippen LogP contribution is 2.41. The fourth-order valence-electron chi connectivity index (χ4n) is 3.71. The lowest BCUT2D eigenvalue weighted by atomic mass is 9.80. The zero-order valence-corrected chi connectivity index (χ0v) is 14.1. The number of aromatic amines is 1. The van der Waals surface area contributed by atoms with Crippen molar-refractivity contribution in [3.8, 4) is 0 Å². The third-order valence-corrected chi connectivity index (χ3v) is 5.22. The van der Waals surface area contributed by atoms with Crippen molar-refractivity contribution in [2.75, 3.05) is 7.11 Å². The van der Waals surface area contributed by atoms with Gasteiger partial charge in [-0.25, -0.2) is 0 Å². The molecule has 1 aliphatic carbocycles. The molecule has 3 aromatic rings. The molecule has 2 unspecified atom stereocenters. The Labute approximate surface area is 138 Å².